The van der Waals surface area contributed by atoms with Crippen molar-refractivity contribution in [3.05, 3.63) is 40.9 Å². The SMILES string of the molecule is CC(C)N(C)C(=O)c1ccc(Cl)c(NC(=O)[C@@H]2CC=CCC2)c1. The summed E-state index contributed by atoms with van der Waals surface area (Å²) in [6.45, 7) is 3.90. The Balaban J connectivity index is 2.15. The van der Waals surface area contributed by atoms with Gasteiger partial charge in [-0.25, -0.2) is 0 Å². The quantitative estimate of drug-likeness (QED) is 0.842. The average molecular weight is 335 g/mol. The van der Waals surface area contributed by atoms with Gasteiger partial charge in [0, 0.05) is 24.6 Å². The molecule has 5 heteroatoms. The molecule has 0 heterocycles. The van der Waals surface area contributed by atoms with E-state index in [4.69, 9.17) is 11.6 Å². The van der Waals surface area contributed by atoms with Gasteiger partial charge in [0.25, 0.3) is 5.91 Å². The van der Waals surface area contributed by atoms with Gasteiger partial charge in [0.2, 0.25) is 5.91 Å². The summed E-state index contributed by atoms with van der Waals surface area (Å²) in [4.78, 5) is 26.4. The van der Waals surface area contributed by atoms with E-state index in [1.54, 1.807) is 30.1 Å². The monoisotopic (exact) mass is 334 g/mol. The highest BCUT2D eigenvalue weighted by Crippen LogP contribution is 2.26. The highest BCUT2D eigenvalue weighted by Gasteiger charge is 2.21. The number of anilines is 1. The Morgan fingerprint density at radius 3 is 2.65 bits per heavy atom. The maximum atomic E-state index is 12.4. The van der Waals surface area contributed by atoms with E-state index in [0.717, 1.165) is 19.3 Å². The zero-order valence-electron chi connectivity index (χ0n) is 13.8. The number of hydrogen-bond donors (Lipinski definition) is 1. The minimum absolute atomic E-state index is 0.0336. The largest absolute Gasteiger partial charge is 0.339 e. The number of amides is 2. The van der Waals surface area contributed by atoms with Crippen molar-refractivity contribution in [1.29, 1.82) is 0 Å². The van der Waals surface area contributed by atoms with E-state index in [2.05, 4.69) is 11.4 Å². The van der Waals surface area contributed by atoms with E-state index >= 15 is 0 Å². The molecule has 0 bridgehead atoms. The van der Waals surface area contributed by atoms with Crippen LogP contribution in [0.1, 0.15) is 43.5 Å². The van der Waals surface area contributed by atoms with Gasteiger partial charge in [0.15, 0.2) is 0 Å². The summed E-state index contributed by atoms with van der Waals surface area (Å²) < 4.78 is 0. The molecule has 0 saturated heterocycles. The molecule has 1 aliphatic rings. The molecule has 2 rings (SSSR count). The molecule has 0 aromatic heterocycles. The second-order valence-corrected chi connectivity index (χ2v) is 6.58. The van der Waals surface area contributed by atoms with E-state index < -0.39 is 0 Å². The van der Waals surface area contributed by atoms with Crippen LogP contribution in [0, 0.1) is 5.92 Å². The molecule has 1 aromatic rings. The third kappa shape index (κ3) is 4.35. The zero-order chi connectivity index (χ0) is 17.0. The van der Waals surface area contributed by atoms with E-state index in [0.29, 0.717) is 16.3 Å². The maximum Gasteiger partial charge on any atom is 0.253 e. The number of nitrogens with one attached hydrogen (secondary N) is 1. The second kappa shape index (κ2) is 7.64. The van der Waals surface area contributed by atoms with E-state index in [9.17, 15) is 9.59 Å². The van der Waals surface area contributed by atoms with Crippen LogP contribution < -0.4 is 5.32 Å². The molecule has 0 unspecified atom stereocenters. The molecule has 124 valence electrons. The smallest absolute Gasteiger partial charge is 0.253 e. The number of allylic oxidation sites excluding steroid dienone is 2. The Labute approximate surface area is 142 Å². The topological polar surface area (TPSA) is 49.4 Å². The Bertz CT molecular complexity index is 625. The molecule has 0 aliphatic heterocycles. The van der Waals surface area contributed by atoms with E-state index in [1.807, 2.05) is 19.9 Å². The number of nitrogens with zero attached hydrogens (tertiary/aromatic N) is 1. The lowest BCUT2D eigenvalue weighted by atomic mass is 9.93. The van der Waals surface area contributed by atoms with Gasteiger partial charge in [0.05, 0.1) is 10.7 Å². The summed E-state index contributed by atoms with van der Waals surface area (Å²) in [5, 5.41) is 3.31. The number of hydrogen-bond acceptors (Lipinski definition) is 2. The number of halogens is 1. The fourth-order valence-corrected chi connectivity index (χ4v) is 2.62. The number of carbonyl (C=O) groups is 2. The third-order valence-corrected chi connectivity index (χ3v) is 4.54. The van der Waals surface area contributed by atoms with Crippen molar-refractivity contribution >= 4 is 29.1 Å². The fraction of sp³-hybridized carbons (Fsp3) is 0.444. The summed E-state index contributed by atoms with van der Waals surface area (Å²) in [5.74, 6) is -0.167. The van der Waals surface area contributed by atoms with Gasteiger partial charge in [-0.1, -0.05) is 23.8 Å². The van der Waals surface area contributed by atoms with Crippen LogP contribution in [-0.4, -0.2) is 29.8 Å². The van der Waals surface area contributed by atoms with Crippen molar-refractivity contribution < 1.29 is 9.59 Å². The first-order chi connectivity index (χ1) is 10.9. The standard InChI is InChI=1S/C18H23ClN2O2/c1-12(2)21(3)18(23)14-9-10-15(19)16(11-14)20-17(22)13-7-5-4-6-8-13/h4-5,9-13H,6-8H2,1-3H3,(H,20,22)/t13-/m1/s1. The van der Waals surface area contributed by atoms with Crippen LogP contribution in [-0.2, 0) is 4.79 Å². The molecular formula is C18H23ClN2O2. The Morgan fingerprint density at radius 2 is 2.04 bits per heavy atom. The first-order valence-electron chi connectivity index (χ1n) is 7.92. The lowest BCUT2D eigenvalue weighted by molar-refractivity contribution is -0.120. The summed E-state index contributed by atoms with van der Waals surface area (Å²) in [6, 6.07) is 5.09. The molecule has 1 aliphatic carbocycles. The first kappa shape index (κ1) is 17.5. The Hall–Kier alpha value is -1.81. The number of carbonyl (C=O) groups excluding carboxylic acids is 2. The third-order valence-electron chi connectivity index (χ3n) is 4.21. The van der Waals surface area contributed by atoms with Crippen molar-refractivity contribution in [3.63, 3.8) is 0 Å². The lowest BCUT2D eigenvalue weighted by Gasteiger charge is -2.22. The van der Waals surface area contributed by atoms with Crippen LogP contribution in [0.25, 0.3) is 0 Å². The van der Waals surface area contributed by atoms with Crippen molar-refractivity contribution in [2.75, 3.05) is 12.4 Å². The van der Waals surface area contributed by atoms with Gasteiger partial charge < -0.3 is 10.2 Å². The second-order valence-electron chi connectivity index (χ2n) is 6.18. The number of rotatable bonds is 4. The molecular weight excluding hydrogens is 312 g/mol. The van der Waals surface area contributed by atoms with Gasteiger partial charge in [-0.2, -0.15) is 0 Å². The molecule has 0 spiro atoms. The molecule has 1 N–H and O–H groups in total. The van der Waals surface area contributed by atoms with Crippen LogP contribution in [0.3, 0.4) is 0 Å². The van der Waals surface area contributed by atoms with Crippen molar-refractivity contribution in [1.82, 2.24) is 4.90 Å². The molecule has 4 nitrogen and oxygen atoms in total. The minimum Gasteiger partial charge on any atom is -0.339 e. The Morgan fingerprint density at radius 1 is 1.30 bits per heavy atom. The zero-order valence-corrected chi connectivity index (χ0v) is 14.6. The lowest BCUT2D eigenvalue weighted by Crippen LogP contribution is -2.33. The summed E-state index contributed by atoms with van der Waals surface area (Å²) in [7, 11) is 1.76. The normalized spacial score (nSPS) is 17.2. The maximum absolute atomic E-state index is 12.4. The number of benzene rings is 1. The van der Waals surface area contributed by atoms with Gasteiger partial charge in [-0.3, -0.25) is 9.59 Å². The average Bonchev–Trinajstić information content (AvgIpc) is 2.56. The van der Waals surface area contributed by atoms with Gasteiger partial charge >= 0.3 is 0 Å². The van der Waals surface area contributed by atoms with Crippen molar-refractivity contribution in [2.24, 2.45) is 5.92 Å². The van der Waals surface area contributed by atoms with Gasteiger partial charge in [-0.05, 0) is 51.3 Å². The van der Waals surface area contributed by atoms with E-state index in [1.165, 1.54) is 0 Å². The molecule has 23 heavy (non-hydrogen) atoms. The van der Waals surface area contributed by atoms with Gasteiger partial charge in [-0.15, -0.1) is 0 Å². The summed E-state index contributed by atoms with van der Waals surface area (Å²) in [5.41, 5.74) is 1.01. The first-order valence-corrected chi connectivity index (χ1v) is 8.30. The van der Waals surface area contributed by atoms with Crippen molar-refractivity contribution in [3.8, 4) is 0 Å². The summed E-state index contributed by atoms with van der Waals surface area (Å²) in [6.07, 6.45) is 6.64. The summed E-state index contributed by atoms with van der Waals surface area (Å²) >= 11 is 6.17. The minimum atomic E-state index is -0.0900. The predicted octanol–water partition coefficient (Wildman–Crippen LogP) is 4.12. The van der Waals surface area contributed by atoms with E-state index in [-0.39, 0.29) is 23.8 Å². The Kier molecular flexibility index (Phi) is 5.83. The van der Waals surface area contributed by atoms with Crippen LogP contribution in [0.4, 0.5) is 5.69 Å². The predicted molar refractivity (Wildman–Crippen MR) is 93.8 cm³/mol. The highest BCUT2D eigenvalue weighted by molar-refractivity contribution is 6.33. The highest BCUT2D eigenvalue weighted by atomic mass is 35.5. The fourth-order valence-electron chi connectivity index (χ4n) is 2.46. The van der Waals surface area contributed by atoms with Crippen LogP contribution in [0.5, 0.6) is 0 Å². The molecule has 0 fully saturated rings. The molecule has 1 aromatic carbocycles. The molecule has 2 amide bonds. The van der Waals surface area contributed by atoms with Crippen molar-refractivity contribution in [2.45, 2.75) is 39.2 Å². The van der Waals surface area contributed by atoms with Crippen LogP contribution in [0.15, 0.2) is 30.4 Å². The molecule has 1 atom stereocenters. The molecule has 0 saturated carbocycles. The molecule has 0 radical (unpaired) electrons. The van der Waals surface area contributed by atoms with Crippen LogP contribution in [0.2, 0.25) is 5.02 Å². The van der Waals surface area contributed by atoms with Crippen LogP contribution >= 0.6 is 11.6 Å². The van der Waals surface area contributed by atoms with Gasteiger partial charge in [0.1, 0.15) is 0 Å².